The molecule has 44 valence electrons. The zero-order valence-corrected chi connectivity index (χ0v) is 5.77. The molecule has 0 aromatic rings. The molecule has 0 amide bonds. The Morgan fingerprint density at radius 1 is 1.29 bits per heavy atom. The molecule has 4 nitrogen and oxygen atoms in total. The van der Waals surface area contributed by atoms with E-state index < -0.39 is 16.2 Å². The molecule has 7 heavy (non-hydrogen) atoms. The van der Waals surface area contributed by atoms with Gasteiger partial charge in [-0.05, 0) is 0 Å². The van der Waals surface area contributed by atoms with Crippen LogP contribution in [0.3, 0.4) is 0 Å². The molecule has 0 saturated heterocycles. The van der Waals surface area contributed by atoms with Crippen LogP contribution in [-0.4, -0.2) is 14.7 Å². The highest BCUT2D eigenvalue weighted by atomic mass is 32.7. The van der Waals surface area contributed by atoms with Gasteiger partial charge in [-0.1, -0.05) is 12.2 Å². The van der Waals surface area contributed by atoms with Gasteiger partial charge in [0.05, 0.1) is 0 Å². The lowest BCUT2D eigenvalue weighted by Crippen LogP contribution is -1.68. The van der Waals surface area contributed by atoms with E-state index in [1.807, 2.05) is 0 Å². The minimum absolute atomic E-state index is 1.92. The van der Waals surface area contributed by atoms with Crippen molar-refractivity contribution in [3.63, 3.8) is 0 Å². The van der Waals surface area contributed by atoms with E-state index in [1.165, 1.54) is 0 Å². The first-order valence-corrected chi connectivity index (χ1v) is 4.70. The molecule has 0 heterocycles. The summed E-state index contributed by atoms with van der Waals surface area (Å²) in [4.78, 5) is 24.0. The van der Waals surface area contributed by atoms with Gasteiger partial charge >= 0.3 is 8.60 Å². The summed E-state index contributed by atoms with van der Waals surface area (Å²) in [5, 5.41) is 0. The standard InChI is InChI=1S/H4O4P2S/c1-5(2)4-6(3)7/h1-3,7H. The summed E-state index contributed by atoms with van der Waals surface area (Å²) in [6.45, 7) is 0. The molecular formula is H4O4P2S. The van der Waals surface area contributed by atoms with Crippen LogP contribution >= 0.6 is 28.4 Å². The quantitative estimate of drug-likeness (QED) is 0.349. The highest BCUT2D eigenvalue weighted by Crippen LogP contribution is 2.48. The smallest absolute Gasteiger partial charge is 0.333 e. The summed E-state index contributed by atoms with van der Waals surface area (Å²) < 4.78 is 3.91. The minimum Gasteiger partial charge on any atom is -0.342 e. The van der Waals surface area contributed by atoms with Crippen LogP contribution in [0.15, 0.2) is 0 Å². The Morgan fingerprint density at radius 2 is 1.71 bits per heavy atom. The molecule has 0 aromatic heterocycles. The molecule has 0 fully saturated rings. The summed E-state index contributed by atoms with van der Waals surface area (Å²) in [6, 6.07) is 0. The van der Waals surface area contributed by atoms with Crippen LogP contribution in [-0.2, 0) is 4.31 Å². The summed E-state index contributed by atoms with van der Waals surface area (Å²) in [5.41, 5.74) is 0. The fraction of sp³-hybridized carbons (Fsp3) is 0. The summed E-state index contributed by atoms with van der Waals surface area (Å²) in [7, 11) is -4.35. The van der Waals surface area contributed by atoms with Crippen LogP contribution in [0.2, 0.25) is 0 Å². The van der Waals surface area contributed by atoms with Gasteiger partial charge < -0.3 is 14.7 Å². The average molecular weight is 162 g/mol. The molecule has 0 radical (unpaired) electrons. The van der Waals surface area contributed by atoms with Crippen molar-refractivity contribution in [2.75, 3.05) is 0 Å². The Morgan fingerprint density at radius 3 is 1.71 bits per heavy atom. The summed E-state index contributed by atoms with van der Waals surface area (Å²) in [6.07, 6.45) is 0. The first kappa shape index (κ1) is 8.05. The molecule has 0 saturated carbocycles. The van der Waals surface area contributed by atoms with Gasteiger partial charge in [-0.3, -0.25) is 4.31 Å². The molecule has 1 unspecified atom stereocenters. The summed E-state index contributed by atoms with van der Waals surface area (Å²) >= 11 is 3.33. The van der Waals surface area contributed by atoms with Crippen molar-refractivity contribution >= 4 is 28.4 Å². The first-order chi connectivity index (χ1) is 3.13. The predicted octanol–water partition coefficient (Wildman–Crippen LogP) is 0.363. The Kier molecular flexibility index (Phi) is 4.58. The van der Waals surface area contributed by atoms with Crippen LogP contribution in [0.1, 0.15) is 0 Å². The van der Waals surface area contributed by atoms with E-state index in [-0.39, 0.29) is 0 Å². The maximum absolute atomic E-state index is 8.13. The van der Waals surface area contributed by atoms with Crippen molar-refractivity contribution < 1.29 is 19.0 Å². The first-order valence-electron chi connectivity index (χ1n) is 1.17. The molecule has 7 heteroatoms. The van der Waals surface area contributed by atoms with Crippen LogP contribution < -0.4 is 0 Å². The molecule has 0 bridgehead atoms. The van der Waals surface area contributed by atoms with Crippen LogP contribution in [0.25, 0.3) is 0 Å². The summed E-state index contributed by atoms with van der Waals surface area (Å²) in [5.74, 6) is 0. The zero-order valence-electron chi connectivity index (χ0n) is 3.09. The molecule has 0 aliphatic carbocycles. The molecule has 0 aliphatic rings. The van der Waals surface area contributed by atoms with Crippen molar-refractivity contribution in [2.24, 2.45) is 0 Å². The maximum Gasteiger partial charge on any atom is 0.333 e. The van der Waals surface area contributed by atoms with Gasteiger partial charge in [0.1, 0.15) is 0 Å². The largest absolute Gasteiger partial charge is 0.342 e. The van der Waals surface area contributed by atoms with Crippen molar-refractivity contribution in [3.8, 4) is 0 Å². The monoisotopic (exact) mass is 162 g/mol. The van der Waals surface area contributed by atoms with Gasteiger partial charge in [0.2, 0.25) is 7.58 Å². The van der Waals surface area contributed by atoms with Gasteiger partial charge in [-0.25, -0.2) is 0 Å². The van der Waals surface area contributed by atoms with E-state index in [4.69, 9.17) is 14.7 Å². The lowest BCUT2D eigenvalue weighted by molar-refractivity contribution is 0.375. The average Bonchev–Trinajstić information content (AvgIpc) is 1.27. The van der Waals surface area contributed by atoms with Gasteiger partial charge in [0.15, 0.2) is 0 Å². The van der Waals surface area contributed by atoms with Gasteiger partial charge in [-0.2, -0.15) is 0 Å². The molecule has 3 N–H and O–H groups in total. The Bertz CT molecular complexity index is 39.0. The van der Waals surface area contributed by atoms with E-state index in [0.29, 0.717) is 0 Å². The molecule has 0 aliphatic heterocycles. The van der Waals surface area contributed by atoms with E-state index in [1.54, 1.807) is 0 Å². The minimum atomic E-state index is -2.44. The third kappa shape index (κ3) is 7.05. The zero-order chi connectivity index (χ0) is 5.86. The molecule has 0 spiro atoms. The van der Waals surface area contributed by atoms with Gasteiger partial charge in [0, 0.05) is 0 Å². The fourth-order valence-corrected chi connectivity index (χ4v) is 1.18. The Labute approximate surface area is 48.2 Å². The van der Waals surface area contributed by atoms with Crippen LogP contribution in [0.5, 0.6) is 0 Å². The molecule has 0 aromatic carbocycles. The third-order valence-electron chi connectivity index (χ3n) is 0.146. The lowest BCUT2D eigenvalue weighted by Gasteiger charge is -2.01. The van der Waals surface area contributed by atoms with Crippen molar-refractivity contribution in [2.45, 2.75) is 0 Å². The lowest BCUT2D eigenvalue weighted by atomic mass is 15.8. The highest BCUT2D eigenvalue weighted by molar-refractivity contribution is 8.42. The topological polar surface area (TPSA) is 69.9 Å². The van der Waals surface area contributed by atoms with Gasteiger partial charge in [-0.15, -0.1) is 0 Å². The second-order valence-electron chi connectivity index (χ2n) is 0.587. The van der Waals surface area contributed by atoms with E-state index in [0.717, 1.165) is 0 Å². The van der Waals surface area contributed by atoms with Crippen LogP contribution in [0.4, 0.5) is 0 Å². The van der Waals surface area contributed by atoms with Crippen LogP contribution in [0, 0.1) is 0 Å². The maximum atomic E-state index is 8.13. The van der Waals surface area contributed by atoms with Crippen molar-refractivity contribution in [1.82, 2.24) is 0 Å². The predicted molar refractivity (Wildman–Crippen MR) is 30.6 cm³/mol. The van der Waals surface area contributed by atoms with Crippen molar-refractivity contribution in [3.05, 3.63) is 0 Å². The number of hydrogen-bond donors (Lipinski definition) is 4. The molecular weight excluding hydrogens is 158 g/mol. The Balaban J connectivity index is 2.95. The number of thiol groups is 1. The fourth-order valence-electron chi connectivity index (χ4n) is 0.0653. The number of rotatable bonds is 2. The second-order valence-corrected chi connectivity index (χ2v) is 3.28. The number of hydrogen-bond acceptors (Lipinski definition) is 5. The third-order valence-corrected chi connectivity index (χ3v) is 1.97. The van der Waals surface area contributed by atoms with Gasteiger partial charge in [0.25, 0.3) is 0 Å². The van der Waals surface area contributed by atoms with E-state index in [9.17, 15) is 0 Å². The highest BCUT2D eigenvalue weighted by Gasteiger charge is 2.03. The Hall–Kier alpha value is 1.05. The van der Waals surface area contributed by atoms with Crippen molar-refractivity contribution in [1.29, 1.82) is 0 Å². The molecule has 0 rings (SSSR count). The van der Waals surface area contributed by atoms with E-state index in [2.05, 4.69) is 16.6 Å². The second kappa shape index (κ2) is 3.98. The molecule has 1 atom stereocenters. The normalized spacial score (nSPS) is 15.0. The van der Waals surface area contributed by atoms with E-state index >= 15 is 0 Å². The SMILES string of the molecule is OP(O)OP(O)S.